The molecule has 0 spiro atoms. The van der Waals surface area contributed by atoms with Crippen LogP contribution in [0.3, 0.4) is 0 Å². The van der Waals surface area contributed by atoms with Gasteiger partial charge in [0.25, 0.3) is 5.91 Å². The van der Waals surface area contributed by atoms with E-state index in [1.54, 1.807) is 13.0 Å². The quantitative estimate of drug-likeness (QED) is 0.851. The molecule has 7 heteroatoms. The van der Waals surface area contributed by atoms with Crippen LogP contribution in [0.2, 0.25) is 0 Å². The molecule has 4 nitrogen and oxygen atoms in total. The van der Waals surface area contributed by atoms with Gasteiger partial charge in [-0.1, -0.05) is 0 Å². The zero-order valence-corrected chi connectivity index (χ0v) is 14.6. The zero-order chi connectivity index (χ0) is 15.0. The number of hydrogen-bond donors (Lipinski definition) is 1. The molecule has 0 aliphatic carbocycles. The minimum atomic E-state index is -0.315. The van der Waals surface area contributed by atoms with Crippen molar-refractivity contribution in [3.63, 3.8) is 0 Å². The Morgan fingerprint density at radius 2 is 2.09 bits per heavy atom. The van der Waals surface area contributed by atoms with Crippen LogP contribution in [0.1, 0.15) is 23.0 Å². The van der Waals surface area contributed by atoms with E-state index in [1.165, 1.54) is 12.1 Å². The summed E-state index contributed by atoms with van der Waals surface area (Å²) in [5.41, 5.74) is 1.82. The molecule has 23 heavy (non-hydrogen) atoms. The third-order valence-corrected chi connectivity index (χ3v) is 3.86. The fourth-order valence-corrected chi connectivity index (χ4v) is 2.74. The van der Waals surface area contributed by atoms with Crippen molar-refractivity contribution in [2.24, 2.45) is 0 Å². The number of pyridine rings is 1. The summed E-state index contributed by atoms with van der Waals surface area (Å²) in [5.74, 6) is -0.316. The fourth-order valence-electron chi connectivity index (χ4n) is 2.74. The second-order valence-electron chi connectivity index (χ2n) is 5.56. The van der Waals surface area contributed by atoms with Crippen LogP contribution in [0, 0.1) is 12.7 Å². The predicted octanol–water partition coefficient (Wildman–Crippen LogP) is 2.96. The molecule has 3 rings (SSSR count). The minimum Gasteiger partial charge on any atom is -0.336 e. The van der Waals surface area contributed by atoms with Gasteiger partial charge in [0, 0.05) is 37.1 Å². The van der Waals surface area contributed by atoms with E-state index in [2.05, 4.69) is 17.2 Å². The lowest BCUT2D eigenvalue weighted by Gasteiger charge is -2.32. The number of hydrogen-bond acceptors (Lipinski definition) is 3. The Balaban J connectivity index is 0.00000132. The number of aromatic nitrogens is 1. The predicted molar refractivity (Wildman–Crippen MR) is 94.3 cm³/mol. The van der Waals surface area contributed by atoms with Crippen molar-refractivity contribution < 1.29 is 9.18 Å². The standard InChI is InChI=1S/C16H18FN3O.2ClH/c1-10-9-20(6-5-18-10)16(21)14-7-12-3-4-13(17)8-15(12)19-11(14)2;;/h3-4,7-8,10,18H,5-6,9H2,1-2H3;2*1H. The molecule has 0 bridgehead atoms. The molecule has 1 fully saturated rings. The van der Waals surface area contributed by atoms with Gasteiger partial charge in [-0.25, -0.2) is 4.39 Å². The number of nitrogens with zero attached hydrogens (tertiary/aromatic N) is 2. The molecule has 1 aliphatic rings. The lowest BCUT2D eigenvalue weighted by Crippen LogP contribution is -2.51. The highest BCUT2D eigenvalue weighted by Crippen LogP contribution is 2.19. The van der Waals surface area contributed by atoms with Crippen molar-refractivity contribution in [3.05, 3.63) is 41.3 Å². The van der Waals surface area contributed by atoms with Gasteiger partial charge in [-0.3, -0.25) is 9.78 Å². The lowest BCUT2D eigenvalue weighted by molar-refractivity contribution is 0.0708. The van der Waals surface area contributed by atoms with Gasteiger partial charge in [0.05, 0.1) is 16.8 Å². The molecule has 1 aliphatic heterocycles. The number of carbonyl (C=O) groups excluding carboxylic acids is 1. The van der Waals surface area contributed by atoms with Gasteiger partial charge in [-0.2, -0.15) is 0 Å². The first-order valence-electron chi connectivity index (χ1n) is 7.14. The minimum absolute atomic E-state index is 0. The summed E-state index contributed by atoms with van der Waals surface area (Å²) in [6.45, 7) is 6.05. The summed E-state index contributed by atoms with van der Waals surface area (Å²) < 4.78 is 13.2. The van der Waals surface area contributed by atoms with Crippen LogP contribution in [0.15, 0.2) is 24.3 Å². The molecular weight excluding hydrogens is 340 g/mol. The number of halogens is 3. The number of carbonyl (C=O) groups is 1. The third-order valence-electron chi connectivity index (χ3n) is 3.86. The number of benzene rings is 1. The largest absolute Gasteiger partial charge is 0.336 e. The van der Waals surface area contributed by atoms with E-state index in [-0.39, 0.29) is 36.5 Å². The fraction of sp³-hybridized carbons (Fsp3) is 0.375. The summed E-state index contributed by atoms with van der Waals surface area (Å²) in [7, 11) is 0. The Kier molecular flexibility index (Phi) is 6.74. The molecule has 2 aromatic rings. The Labute approximate surface area is 147 Å². The molecule has 1 unspecified atom stereocenters. The molecule has 126 valence electrons. The van der Waals surface area contributed by atoms with E-state index < -0.39 is 0 Å². The van der Waals surface area contributed by atoms with Gasteiger partial charge in [0.1, 0.15) is 5.82 Å². The van der Waals surface area contributed by atoms with Crippen molar-refractivity contribution in [1.82, 2.24) is 15.2 Å². The van der Waals surface area contributed by atoms with E-state index in [1.807, 2.05) is 11.0 Å². The Bertz CT molecular complexity index is 711. The third kappa shape index (κ3) is 4.10. The van der Waals surface area contributed by atoms with Crippen LogP contribution in [0.25, 0.3) is 10.9 Å². The van der Waals surface area contributed by atoms with Crippen LogP contribution >= 0.6 is 24.8 Å². The Hall–Kier alpha value is -1.43. The van der Waals surface area contributed by atoms with Crippen molar-refractivity contribution in [2.45, 2.75) is 19.9 Å². The van der Waals surface area contributed by atoms with Crippen molar-refractivity contribution in [1.29, 1.82) is 0 Å². The number of nitrogens with one attached hydrogen (secondary N) is 1. The molecule has 1 aromatic heterocycles. The summed E-state index contributed by atoms with van der Waals surface area (Å²) in [4.78, 5) is 18.9. The first-order valence-corrected chi connectivity index (χ1v) is 7.14. The first-order chi connectivity index (χ1) is 10.0. The van der Waals surface area contributed by atoms with Gasteiger partial charge >= 0.3 is 0 Å². The Morgan fingerprint density at radius 1 is 1.35 bits per heavy atom. The number of piperazine rings is 1. The molecule has 0 radical (unpaired) electrons. The zero-order valence-electron chi connectivity index (χ0n) is 13.0. The molecule has 1 N–H and O–H groups in total. The second kappa shape index (κ2) is 7.90. The maximum atomic E-state index is 13.2. The van der Waals surface area contributed by atoms with Crippen LogP contribution in [0.4, 0.5) is 4.39 Å². The van der Waals surface area contributed by atoms with Crippen molar-refractivity contribution in [2.75, 3.05) is 19.6 Å². The Morgan fingerprint density at radius 3 is 2.78 bits per heavy atom. The smallest absolute Gasteiger partial charge is 0.255 e. The highest BCUT2D eigenvalue weighted by molar-refractivity contribution is 5.98. The number of fused-ring (bicyclic) bond motifs is 1. The lowest BCUT2D eigenvalue weighted by atomic mass is 10.1. The summed E-state index contributed by atoms with van der Waals surface area (Å²) in [6, 6.07) is 6.55. The maximum absolute atomic E-state index is 13.2. The van der Waals surface area contributed by atoms with Gasteiger partial charge < -0.3 is 10.2 Å². The SMILES string of the molecule is Cc1nc2cc(F)ccc2cc1C(=O)N1CCNC(C)C1.Cl.Cl. The van der Waals surface area contributed by atoms with Crippen LogP contribution in [-0.2, 0) is 0 Å². The van der Waals surface area contributed by atoms with E-state index in [0.29, 0.717) is 35.9 Å². The molecular formula is C16H20Cl2FN3O. The maximum Gasteiger partial charge on any atom is 0.255 e. The van der Waals surface area contributed by atoms with E-state index in [9.17, 15) is 9.18 Å². The first kappa shape index (κ1) is 19.6. The molecule has 2 heterocycles. The van der Waals surface area contributed by atoms with Crippen LogP contribution in [0.5, 0.6) is 0 Å². The monoisotopic (exact) mass is 359 g/mol. The molecule has 1 atom stereocenters. The highest BCUT2D eigenvalue weighted by atomic mass is 35.5. The topological polar surface area (TPSA) is 45.2 Å². The second-order valence-corrected chi connectivity index (χ2v) is 5.56. The van der Waals surface area contributed by atoms with Gasteiger partial charge in [0.15, 0.2) is 0 Å². The number of aryl methyl sites for hydroxylation is 1. The normalized spacial score (nSPS) is 17.3. The van der Waals surface area contributed by atoms with Crippen molar-refractivity contribution >= 4 is 41.6 Å². The molecule has 1 amide bonds. The average Bonchev–Trinajstić information content (AvgIpc) is 2.45. The summed E-state index contributed by atoms with van der Waals surface area (Å²) in [6.07, 6.45) is 0. The molecule has 1 aromatic carbocycles. The number of rotatable bonds is 1. The summed E-state index contributed by atoms with van der Waals surface area (Å²) >= 11 is 0. The highest BCUT2D eigenvalue weighted by Gasteiger charge is 2.23. The number of amides is 1. The average molecular weight is 360 g/mol. The van der Waals surface area contributed by atoms with E-state index in [0.717, 1.165) is 11.9 Å². The van der Waals surface area contributed by atoms with Gasteiger partial charge in [-0.15, -0.1) is 24.8 Å². The van der Waals surface area contributed by atoms with E-state index in [4.69, 9.17) is 0 Å². The van der Waals surface area contributed by atoms with Gasteiger partial charge in [-0.05, 0) is 32.0 Å². The van der Waals surface area contributed by atoms with Gasteiger partial charge in [0.2, 0.25) is 0 Å². The van der Waals surface area contributed by atoms with Crippen LogP contribution < -0.4 is 5.32 Å². The van der Waals surface area contributed by atoms with Crippen LogP contribution in [-0.4, -0.2) is 41.5 Å². The molecule has 0 saturated carbocycles. The summed E-state index contributed by atoms with van der Waals surface area (Å²) in [5, 5.41) is 4.10. The van der Waals surface area contributed by atoms with E-state index >= 15 is 0 Å². The molecule has 1 saturated heterocycles. The van der Waals surface area contributed by atoms with Crippen molar-refractivity contribution in [3.8, 4) is 0 Å².